The Kier molecular flexibility index (Phi) is 7.06. The SMILES string of the molecule is O=C(CSc1nnc(-c2ccc(F)cc2)c(-c2ccc(F)cc2)n1)Nc1nc(-c2ccccc2)cs1. The molecule has 0 spiro atoms. The lowest BCUT2D eigenvalue weighted by atomic mass is 10.0. The summed E-state index contributed by atoms with van der Waals surface area (Å²) in [6, 6.07) is 21.3. The Morgan fingerprint density at radius 3 is 2.08 bits per heavy atom. The quantitative estimate of drug-likeness (QED) is 0.254. The molecule has 3 aromatic carbocycles. The van der Waals surface area contributed by atoms with Gasteiger partial charge in [-0.05, 0) is 48.5 Å². The maximum atomic E-state index is 13.5. The first kappa shape index (κ1) is 23.7. The monoisotopic (exact) mass is 517 g/mol. The molecule has 0 radical (unpaired) electrons. The van der Waals surface area contributed by atoms with Crippen molar-refractivity contribution in [3.63, 3.8) is 0 Å². The number of rotatable bonds is 7. The summed E-state index contributed by atoms with van der Waals surface area (Å²) in [5.74, 6) is -0.977. The number of amides is 1. The molecule has 1 amide bonds. The highest BCUT2D eigenvalue weighted by Crippen LogP contribution is 2.30. The maximum absolute atomic E-state index is 13.5. The number of thioether (sulfide) groups is 1. The highest BCUT2D eigenvalue weighted by atomic mass is 32.2. The molecular weight excluding hydrogens is 500 g/mol. The zero-order chi connectivity index (χ0) is 24.9. The minimum Gasteiger partial charge on any atom is -0.301 e. The number of hydrogen-bond acceptors (Lipinski definition) is 7. The van der Waals surface area contributed by atoms with Gasteiger partial charge in [-0.15, -0.1) is 21.5 Å². The Hall–Kier alpha value is -4.02. The van der Waals surface area contributed by atoms with E-state index in [2.05, 4.69) is 25.5 Å². The second-order valence-electron chi connectivity index (χ2n) is 7.55. The number of nitrogens with zero attached hydrogens (tertiary/aromatic N) is 4. The van der Waals surface area contributed by atoms with Crippen molar-refractivity contribution < 1.29 is 13.6 Å². The Bertz CT molecular complexity index is 1490. The first-order valence-electron chi connectivity index (χ1n) is 10.8. The summed E-state index contributed by atoms with van der Waals surface area (Å²) in [5.41, 5.74) is 3.86. The second-order valence-corrected chi connectivity index (χ2v) is 9.35. The van der Waals surface area contributed by atoms with Crippen LogP contribution in [0.25, 0.3) is 33.8 Å². The van der Waals surface area contributed by atoms with Crippen LogP contribution in [-0.2, 0) is 4.79 Å². The Balaban J connectivity index is 1.32. The van der Waals surface area contributed by atoms with E-state index in [4.69, 9.17) is 0 Å². The van der Waals surface area contributed by atoms with Crippen LogP contribution in [0, 0.1) is 11.6 Å². The van der Waals surface area contributed by atoms with Crippen molar-refractivity contribution in [1.29, 1.82) is 0 Å². The number of thiazole rings is 1. The molecule has 0 unspecified atom stereocenters. The largest absolute Gasteiger partial charge is 0.301 e. The number of benzene rings is 3. The van der Waals surface area contributed by atoms with E-state index in [-0.39, 0.29) is 28.5 Å². The maximum Gasteiger partial charge on any atom is 0.236 e. The summed E-state index contributed by atoms with van der Waals surface area (Å²) in [6.45, 7) is 0. The zero-order valence-corrected chi connectivity index (χ0v) is 20.2. The van der Waals surface area contributed by atoms with Gasteiger partial charge in [0.25, 0.3) is 0 Å². The molecule has 2 aromatic heterocycles. The van der Waals surface area contributed by atoms with Gasteiger partial charge in [-0.1, -0.05) is 42.1 Å². The predicted molar refractivity (Wildman–Crippen MR) is 138 cm³/mol. The average molecular weight is 518 g/mol. The van der Waals surface area contributed by atoms with Crippen LogP contribution in [-0.4, -0.2) is 31.8 Å². The fourth-order valence-electron chi connectivity index (χ4n) is 3.34. The number of hydrogen-bond donors (Lipinski definition) is 1. The van der Waals surface area contributed by atoms with Gasteiger partial charge in [-0.2, -0.15) is 0 Å². The van der Waals surface area contributed by atoms with Gasteiger partial charge in [0, 0.05) is 22.1 Å². The molecular formula is C26H17F2N5OS2. The van der Waals surface area contributed by atoms with Crippen molar-refractivity contribution in [2.75, 3.05) is 11.1 Å². The van der Waals surface area contributed by atoms with Gasteiger partial charge >= 0.3 is 0 Å². The first-order chi connectivity index (χ1) is 17.5. The van der Waals surface area contributed by atoms with Gasteiger partial charge in [0.1, 0.15) is 23.0 Å². The second kappa shape index (κ2) is 10.7. The summed E-state index contributed by atoms with van der Waals surface area (Å²) in [7, 11) is 0. The van der Waals surface area contributed by atoms with E-state index in [1.54, 1.807) is 24.3 Å². The van der Waals surface area contributed by atoms with Gasteiger partial charge in [-0.25, -0.2) is 18.7 Å². The third-order valence-electron chi connectivity index (χ3n) is 5.06. The van der Waals surface area contributed by atoms with Gasteiger partial charge < -0.3 is 5.32 Å². The number of aromatic nitrogens is 4. The minimum absolute atomic E-state index is 0.0423. The van der Waals surface area contributed by atoms with E-state index in [1.807, 2.05) is 35.7 Å². The molecule has 0 aliphatic heterocycles. The summed E-state index contributed by atoms with van der Waals surface area (Å²) in [5, 5.41) is 13.9. The lowest BCUT2D eigenvalue weighted by Crippen LogP contribution is -2.14. The van der Waals surface area contributed by atoms with Crippen LogP contribution in [0.2, 0.25) is 0 Å². The lowest BCUT2D eigenvalue weighted by Gasteiger charge is -2.09. The van der Waals surface area contributed by atoms with Crippen molar-refractivity contribution in [3.8, 4) is 33.8 Å². The van der Waals surface area contributed by atoms with Crippen LogP contribution in [0.4, 0.5) is 13.9 Å². The third-order valence-corrected chi connectivity index (χ3v) is 6.65. The zero-order valence-electron chi connectivity index (χ0n) is 18.6. The molecule has 0 saturated heterocycles. The summed E-state index contributed by atoms with van der Waals surface area (Å²) < 4.78 is 26.9. The topological polar surface area (TPSA) is 80.7 Å². The number of nitrogens with one attached hydrogen (secondary N) is 1. The summed E-state index contributed by atoms with van der Waals surface area (Å²) in [4.78, 5) is 21.6. The van der Waals surface area contributed by atoms with Crippen LogP contribution in [0.15, 0.2) is 89.4 Å². The van der Waals surface area contributed by atoms with Gasteiger partial charge in [-0.3, -0.25) is 4.79 Å². The molecule has 0 fully saturated rings. The number of carbonyl (C=O) groups is 1. The fourth-order valence-corrected chi connectivity index (χ4v) is 4.66. The Morgan fingerprint density at radius 2 is 1.42 bits per heavy atom. The molecule has 2 heterocycles. The standard InChI is InChI=1S/C26H17F2N5OS2/c27-19-10-6-17(7-11-19)23-24(18-8-12-20(28)13-9-18)32-33-26(31-23)36-15-22(34)30-25-29-21(14-35-25)16-4-2-1-3-5-16/h1-14H,15H2,(H,29,30,34). The summed E-state index contributed by atoms with van der Waals surface area (Å²) >= 11 is 2.46. The highest BCUT2D eigenvalue weighted by molar-refractivity contribution is 7.99. The molecule has 0 saturated carbocycles. The van der Waals surface area contributed by atoms with Gasteiger partial charge in [0.15, 0.2) is 5.13 Å². The van der Waals surface area contributed by atoms with Crippen molar-refractivity contribution in [3.05, 3.63) is 95.9 Å². The van der Waals surface area contributed by atoms with Gasteiger partial charge in [0.2, 0.25) is 11.1 Å². The van der Waals surface area contributed by atoms with Crippen molar-refractivity contribution >= 4 is 34.1 Å². The van der Waals surface area contributed by atoms with Crippen molar-refractivity contribution in [1.82, 2.24) is 20.2 Å². The molecule has 1 N–H and O–H groups in total. The van der Waals surface area contributed by atoms with E-state index in [0.29, 0.717) is 27.6 Å². The molecule has 6 nitrogen and oxygen atoms in total. The smallest absolute Gasteiger partial charge is 0.236 e. The molecule has 0 aliphatic carbocycles. The molecule has 10 heteroatoms. The molecule has 36 heavy (non-hydrogen) atoms. The first-order valence-corrected chi connectivity index (χ1v) is 12.6. The van der Waals surface area contributed by atoms with Crippen molar-refractivity contribution in [2.24, 2.45) is 0 Å². The van der Waals surface area contributed by atoms with Gasteiger partial charge in [0.05, 0.1) is 11.4 Å². The number of halogens is 2. The minimum atomic E-state index is -0.382. The predicted octanol–water partition coefficient (Wildman–Crippen LogP) is 6.34. The fraction of sp³-hybridized carbons (Fsp3) is 0.0385. The van der Waals surface area contributed by atoms with Crippen molar-refractivity contribution in [2.45, 2.75) is 5.16 Å². The average Bonchev–Trinajstić information content (AvgIpc) is 3.37. The molecule has 0 atom stereocenters. The third kappa shape index (κ3) is 5.61. The molecule has 5 rings (SSSR count). The molecule has 0 aliphatic rings. The molecule has 5 aromatic rings. The Labute approximate surface area is 213 Å². The normalized spacial score (nSPS) is 10.8. The van der Waals surface area contributed by atoms with E-state index < -0.39 is 0 Å². The Morgan fingerprint density at radius 1 is 0.778 bits per heavy atom. The van der Waals surface area contributed by atoms with E-state index in [0.717, 1.165) is 23.0 Å². The summed E-state index contributed by atoms with van der Waals surface area (Å²) in [6.07, 6.45) is 0. The highest BCUT2D eigenvalue weighted by Gasteiger charge is 2.16. The number of anilines is 1. The molecule has 0 bridgehead atoms. The molecule has 178 valence electrons. The van der Waals surface area contributed by atoms with Crippen LogP contribution < -0.4 is 5.32 Å². The number of carbonyl (C=O) groups excluding carboxylic acids is 1. The van der Waals surface area contributed by atoms with Crippen LogP contribution in [0.1, 0.15) is 0 Å². The van der Waals surface area contributed by atoms with E-state index >= 15 is 0 Å². The van der Waals surface area contributed by atoms with E-state index in [1.165, 1.54) is 35.6 Å². The van der Waals surface area contributed by atoms with Crippen LogP contribution >= 0.6 is 23.1 Å². The van der Waals surface area contributed by atoms with Crippen LogP contribution in [0.3, 0.4) is 0 Å². The van der Waals surface area contributed by atoms with Crippen LogP contribution in [0.5, 0.6) is 0 Å². The lowest BCUT2D eigenvalue weighted by molar-refractivity contribution is -0.113. The van der Waals surface area contributed by atoms with E-state index in [9.17, 15) is 13.6 Å².